The maximum absolute atomic E-state index is 9.37. The fraction of sp³-hybridized carbons (Fsp3) is 0.250. The summed E-state index contributed by atoms with van der Waals surface area (Å²) in [5.74, 6) is 0.155. The Morgan fingerprint density at radius 3 is 2.69 bits per heavy atom. The van der Waals surface area contributed by atoms with Crippen LogP contribution in [-0.4, -0.2) is 23.2 Å². The molecule has 0 amide bonds. The maximum Gasteiger partial charge on any atom is 0.303 e. The van der Waals surface area contributed by atoms with Gasteiger partial charge in [-0.05, 0) is 24.3 Å². The summed E-state index contributed by atoms with van der Waals surface area (Å²) in [6.45, 7) is 1.60. The minimum Gasteiger partial charge on any atom is -0.497 e. The number of methoxy groups -OCH3 is 1. The Morgan fingerprint density at radius 1 is 1.44 bits per heavy atom. The van der Waals surface area contributed by atoms with Crippen molar-refractivity contribution in [3.8, 4) is 5.75 Å². The lowest BCUT2D eigenvalue weighted by Gasteiger charge is -1.97. The number of aliphatic carboxylic acids is 1. The van der Waals surface area contributed by atoms with E-state index in [1.54, 1.807) is 14.0 Å². The number of carbonyl (C=O) groups is 1. The second-order valence-electron chi connectivity index (χ2n) is 3.18. The molecule has 0 fully saturated rings. The molecule has 1 aromatic carbocycles. The topological polar surface area (TPSA) is 62.3 Å². The highest BCUT2D eigenvalue weighted by molar-refractivity contribution is 5.80. The van der Waals surface area contributed by atoms with E-state index >= 15 is 0 Å². The summed E-state index contributed by atoms with van der Waals surface area (Å²) in [7, 11) is 1.67. The number of benzene rings is 1. The molecule has 0 radical (unpaired) electrons. The molecule has 2 N–H and O–H groups in total. The van der Waals surface area contributed by atoms with Crippen molar-refractivity contribution in [3.05, 3.63) is 30.5 Å². The number of carboxylic acids is 1. The number of ether oxygens (including phenoxy) is 1. The van der Waals surface area contributed by atoms with Gasteiger partial charge in [-0.2, -0.15) is 0 Å². The van der Waals surface area contributed by atoms with E-state index in [1.807, 2.05) is 30.5 Å². The lowest BCUT2D eigenvalue weighted by molar-refractivity contribution is -0.136. The molecule has 0 unspecified atom stereocenters. The van der Waals surface area contributed by atoms with Crippen LogP contribution in [0.4, 0.5) is 0 Å². The zero-order chi connectivity index (χ0) is 12.0. The van der Waals surface area contributed by atoms with Crippen molar-refractivity contribution in [3.63, 3.8) is 0 Å². The number of hydrogen-bond donors (Lipinski definition) is 2. The Balaban J connectivity index is 0.000000221. The van der Waals surface area contributed by atoms with E-state index in [9.17, 15) is 4.79 Å². The quantitative estimate of drug-likeness (QED) is 0.819. The Labute approximate surface area is 93.9 Å². The Kier molecular flexibility index (Phi) is 4.39. The average molecular weight is 221 g/mol. The van der Waals surface area contributed by atoms with Gasteiger partial charge in [-0.1, -0.05) is 6.92 Å². The number of H-pyrrole nitrogens is 1. The van der Waals surface area contributed by atoms with E-state index in [0.717, 1.165) is 11.3 Å². The standard InChI is InChI=1S/C9H9NO.C3H6O2/c1-11-8-2-3-9-7(6-8)4-5-10-9;1-2-3(4)5/h2-6,10H,1H3;2H2,1H3,(H,4,5). The highest BCUT2D eigenvalue weighted by Crippen LogP contribution is 2.18. The second-order valence-corrected chi connectivity index (χ2v) is 3.18. The van der Waals surface area contributed by atoms with Crippen LogP contribution in [0, 0.1) is 0 Å². The Bertz CT molecular complexity index is 462. The van der Waals surface area contributed by atoms with Crippen molar-refractivity contribution in [2.75, 3.05) is 7.11 Å². The second kappa shape index (κ2) is 5.80. The molecule has 1 aromatic heterocycles. The average Bonchev–Trinajstić information content (AvgIpc) is 2.76. The summed E-state index contributed by atoms with van der Waals surface area (Å²) in [5.41, 5.74) is 1.14. The molecule has 4 nitrogen and oxygen atoms in total. The first kappa shape index (κ1) is 12.1. The molecule has 2 aromatic rings. The smallest absolute Gasteiger partial charge is 0.303 e. The van der Waals surface area contributed by atoms with Crippen LogP contribution in [0.25, 0.3) is 10.9 Å². The molecule has 0 aliphatic heterocycles. The van der Waals surface area contributed by atoms with Gasteiger partial charge in [-0.25, -0.2) is 0 Å². The van der Waals surface area contributed by atoms with Gasteiger partial charge in [-0.3, -0.25) is 4.79 Å². The third-order valence-corrected chi connectivity index (χ3v) is 2.06. The largest absolute Gasteiger partial charge is 0.497 e. The monoisotopic (exact) mass is 221 g/mol. The van der Waals surface area contributed by atoms with Gasteiger partial charge >= 0.3 is 5.97 Å². The van der Waals surface area contributed by atoms with E-state index in [1.165, 1.54) is 5.39 Å². The van der Waals surface area contributed by atoms with Gasteiger partial charge in [0.15, 0.2) is 0 Å². The van der Waals surface area contributed by atoms with Gasteiger partial charge in [0, 0.05) is 23.5 Å². The number of carboxylic acid groups (broad SMARTS) is 1. The van der Waals surface area contributed by atoms with Crippen molar-refractivity contribution < 1.29 is 14.6 Å². The minimum absolute atomic E-state index is 0.222. The predicted molar refractivity (Wildman–Crippen MR) is 62.8 cm³/mol. The molecule has 16 heavy (non-hydrogen) atoms. The molecular formula is C12H15NO3. The first-order valence-corrected chi connectivity index (χ1v) is 5.00. The zero-order valence-corrected chi connectivity index (χ0v) is 9.36. The van der Waals surface area contributed by atoms with Crippen LogP contribution in [0.3, 0.4) is 0 Å². The van der Waals surface area contributed by atoms with Crippen LogP contribution >= 0.6 is 0 Å². The molecule has 0 aliphatic carbocycles. The number of hydrogen-bond acceptors (Lipinski definition) is 2. The number of aromatic nitrogens is 1. The zero-order valence-electron chi connectivity index (χ0n) is 9.36. The summed E-state index contributed by atoms with van der Waals surface area (Å²) in [6, 6.07) is 7.98. The van der Waals surface area contributed by atoms with Crippen LogP contribution in [0.15, 0.2) is 30.5 Å². The fourth-order valence-electron chi connectivity index (χ4n) is 1.16. The fourth-order valence-corrected chi connectivity index (χ4v) is 1.16. The summed E-state index contributed by atoms with van der Waals surface area (Å²) in [4.78, 5) is 12.5. The van der Waals surface area contributed by atoms with Crippen molar-refractivity contribution in [2.24, 2.45) is 0 Å². The van der Waals surface area contributed by atoms with Crippen LogP contribution in [0.5, 0.6) is 5.75 Å². The van der Waals surface area contributed by atoms with E-state index in [2.05, 4.69) is 4.98 Å². The first-order valence-electron chi connectivity index (χ1n) is 5.00. The van der Waals surface area contributed by atoms with E-state index < -0.39 is 5.97 Å². The third-order valence-electron chi connectivity index (χ3n) is 2.06. The van der Waals surface area contributed by atoms with Gasteiger partial charge in [0.1, 0.15) is 5.75 Å². The lowest BCUT2D eigenvalue weighted by atomic mass is 10.2. The molecule has 0 spiro atoms. The van der Waals surface area contributed by atoms with E-state index in [-0.39, 0.29) is 6.42 Å². The molecule has 2 rings (SSSR count). The predicted octanol–water partition coefficient (Wildman–Crippen LogP) is 2.66. The SMILES string of the molecule is CCC(=O)O.COc1ccc2[nH]ccc2c1. The Hall–Kier alpha value is -1.97. The van der Waals surface area contributed by atoms with Gasteiger partial charge < -0.3 is 14.8 Å². The highest BCUT2D eigenvalue weighted by atomic mass is 16.5. The van der Waals surface area contributed by atoms with Gasteiger partial charge in [0.2, 0.25) is 0 Å². The molecule has 0 atom stereocenters. The molecule has 0 saturated heterocycles. The molecule has 0 aliphatic rings. The number of aromatic amines is 1. The number of rotatable bonds is 2. The molecule has 1 heterocycles. The number of fused-ring (bicyclic) bond motifs is 1. The van der Waals surface area contributed by atoms with Gasteiger partial charge in [-0.15, -0.1) is 0 Å². The van der Waals surface area contributed by atoms with E-state index in [0.29, 0.717) is 0 Å². The van der Waals surface area contributed by atoms with Crippen LogP contribution in [0.1, 0.15) is 13.3 Å². The molecule has 0 saturated carbocycles. The normalized spacial score (nSPS) is 9.38. The molecular weight excluding hydrogens is 206 g/mol. The van der Waals surface area contributed by atoms with Crippen molar-refractivity contribution >= 4 is 16.9 Å². The summed E-state index contributed by atoms with van der Waals surface area (Å²) >= 11 is 0. The van der Waals surface area contributed by atoms with Gasteiger partial charge in [0.25, 0.3) is 0 Å². The van der Waals surface area contributed by atoms with Crippen molar-refractivity contribution in [1.82, 2.24) is 4.98 Å². The first-order chi connectivity index (χ1) is 7.67. The number of nitrogens with one attached hydrogen (secondary N) is 1. The van der Waals surface area contributed by atoms with E-state index in [4.69, 9.17) is 9.84 Å². The molecule has 0 bridgehead atoms. The highest BCUT2D eigenvalue weighted by Gasteiger charge is 1.94. The van der Waals surface area contributed by atoms with Crippen molar-refractivity contribution in [2.45, 2.75) is 13.3 Å². The summed E-state index contributed by atoms with van der Waals surface area (Å²) in [5, 5.41) is 8.91. The molecule has 4 heteroatoms. The van der Waals surface area contributed by atoms with Crippen LogP contribution in [0.2, 0.25) is 0 Å². The third kappa shape index (κ3) is 3.31. The minimum atomic E-state index is -0.745. The molecule has 86 valence electrons. The van der Waals surface area contributed by atoms with Crippen LogP contribution < -0.4 is 4.74 Å². The lowest BCUT2D eigenvalue weighted by Crippen LogP contribution is -1.86. The van der Waals surface area contributed by atoms with Crippen LogP contribution in [-0.2, 0) is 4.79 Å². The summed E-state index contributed by atoms with van der Waals surface area (Å²) < 4.78 is 5.08. The summed E-state index contributed by atoms with van der Waals surface area (Å²) in [6.07, 6.45) is 2.14. The van der Waals surface area contributed by atoms with Crippen molar-refractivity contribution in [1.29, 1.82) is 0 Å². The van der Waals surface area contributed by atoms with Gasteiger partial charge in [0.05, 0.1) is 7.11 Å². The maximum atomic E-state index is 9.37. The Morgan fingerprint density at radius 2 is 2.12 bits per heavy atom.